The first-order valence-corrected chi connectivity index (χ1v) is 28.6. The summed E-state index contributed by atoms with van der Waals surface area (Å²) >= 11 is 1.81. The molecule has 356 valence electrons. The van der Waals surface area contributed by atoms with Crippen molar-refractivity contribution in [3.8, 4) is 56.4 Å². The van der Waals surface area contributed by atoms with Crippen LogP contribution in [-0.4, -0.2) is 23.0 Å². The van der Waals surface area contributed by atoms with Crippen molar-refractivity contribution < 1.29 is 6.85 Å². The summed E-state index contributed by atoms with van der Waals surface area (Å²) in [4.78, 5) is 15.8. The summed E-state index contributed by atoms with van der Waals surface area (Å²) in [6.45, 7) is 0. The van der Waals surface area contributed by atoms with Crippen LogP contribution in [0.2, 0.25) is 0 Å². The molecule has 3 aliphatic rings. The van der Waals surface area contributed by atoms with E-state index < -0.39 is 14.1 Å². The summed E-state index contributed by atoms with van der Waals surface area (Å²) in [6, 6.07) is 83.4. The molecule has 2 heterocycles. The fourth-order valence-electron chi connectivity index (χ4n) is 12.6. The van der Waals surface area contributed by atoms with E-state index in [0.29, 0.717) is 22.7 Å². The van der Waals surface area contributed by atoms with Gasteiger partial charge in [-0.05, 0) is 101 Å². The van der Waals surface area contributed by atoms with Gasteiger partial charge in [0.15, 0.2) is 25.5 Å². The predicted octanol–water partition coefficient (Wildman–Crippen LogP) is 14.9. The van der Waals surface area contributed by atoms with E-state index in [-0.39, 0.29) is 36.0 Å². The molecule has 0 spiro atoms. The van der Waals surface area contributed by atoms with E-state index in [0.717, 1.165) is 60.1 Å². The fourth-order valence-corrected chi connectivity index (χ4v) is 18.5. The Morgan fingerprint density at radius 3 is 1.51 bits per heavy atom. The summed E-state index contributed by atoms with van der Waals surface area (Å²) in [6.07, 6.45) is 0. The lowest BCUT2D eigenvalue weighted by molar-refractivity contribution is 0.760. The van der Waals surface area contributed by atoms with Gasteiger partial charge in [-0.1, -0.05) is 249 Å². The van der Waals surface area contributed by atoms with Gasteiger partial charge in [-0.2, -0.15) is 0 Å². The molecule has 0 radical (unpaired) electrons. The van der Waals surface area contributed by atoms with E-state index in [1.165, 1.54) is 48.0 Å². The lowest BCUT2D eigenvalue weighted by Crippen LogP contribution is -2.75. The maximum Gasteiger partial charge on any atom is 0.179 e. The molecule has 0 amide bonds. The number of hydrogen-bond donors (Lipinski definition) is 0. The zero-order valence-corrected chi connectivity index (χ0v) is 42.8. The highest BCUT2D eigenvalue weighted by Crippen LogP contribution is 2.57. The van der Waals surface area contributed by atoms with E-state index in [1.807, 2.05) is 78.1 Å². The molecule has 2 unspecified atom stereocenters. The smallest absolute Gasteiger partial charge is 0.179 e. The summed E-state index contributed by atoms with van der Waals surface area (Å²) in [7, 11) is -3.81. The number of benzene rings is 11. The predicted molar refractivity (Wildman–Crippen MR) is 318 cm³/mol. The molecule has 2 atom stereocenters. The molecule has 3 nitrogen and oxygen atoms in total. The third kappa shape index (κ3) is 6.97. The second-order valence-corrected chi connectivity index (χ2v) is 24.5. The van der Waals surface area contributed by atoms with Crippen LogP contribution in [0.5, 0.6) is 0 Å². The Labute approximate surface area is 454 Å². The number of fused-ring (bicyclic) bond motifs is 3. The van der Waals surface area contributed by atoms with Gasteiger partial charge < -0.3 is 0 Å². The lowest BCUT2D eigenvalue weighted by Gasteiger charge is -2.47. The van der Waals surface area contributed by atoms with E-state index >= 15 is 0 Å². The van der Waals surface area contributed by atoms with Crippen LogP contribution in [0.4, 0.5) is 0 Å². The van der Waals surface area contributed by atoms with Crippen LogP contribution in [0.1, 0.15) is 52.1 Å². The van der Waals surface area contributed by atoms with Crippen LogP contribution in [-0.2, 0) is 0 Å². The van der Waals surface area contributed by atoms with E-state index in [4.69, 9.17) is 16.3 Å². The molecule has 0 aliphatic heterocycles. The Kier molecular flexibility index (Phi) is 9.35. The van der Waals surface area contributed by atoms with Crippen molar-refractivity contribution >= 4 is 60.3 Å². The van der Waals surface area contributed by atoms with E-state index in [9.17, 15) is 5.48 Å². The zero-order valence-electron chi connectivity index (χ0n) is 46.0. The van der Waals surface area contributed by atoms with Crippen LogP contribution >= 0.6 is 11.3 Å². The van der Waals surface area contributed by atoms with Crippen molar-refractivity contribution in [3.63, 3.8) is 0 Å². The molecule has 76 heavy (non-hydrogen) atoms. The fraction of sp³-hybridized carbons (Fsp3) is 0.0282. The van der Waals surface area contributed by atoms with Gasteiger partial charge in [0.2, 0.25) is 0 Å². The third-order valence-corrected chi connectivity index (χ3v) is 21.5. The number of hydrogen-bond acceptors (Lipinski definition) is 4. The second-order valence-electron chi connectivity index (χ2n) is 19.7. The van der Waals surface area contributed by atoms with Gasteiger partial charge in [0.25, 0.3) is 0 Å². The van der Waals surface area contributed by atoms with Crippen molar-refractivity contribution in [2.45, 2.75) is 11.8 Å². The summed E-state index contributed by atoms with van der Waals surface area (Å²) < 4.78 is 49.3. The van der Waals surface area contributed by atoms with E-state index in [1.54, 1.807) is 0 Å². The van der Waals surface area contributed by atoms with E-state index in [2.05, 4.69) is 176 Å². The first-order valence-electron chi connectivity index (χ1n) is 28.2. The molecular weight excluding hydrogens is 955 g/mol. The molecule has 0 saturated carbocycles. The summed E-state index contributed by atoms with van der Waals surface area (Å²) in [5, 5.41) is 5.72. The lowest BCUT2D eigenvalue weighted by atomic mass is 9.60. The SMILES string of the molecule is [2H]c1c([2H])c([2H])c([Si](c2ccccc2)(c2ccccc2)c2cccc3c2C2c4ccccc4C3c3cccc(-c4cccc(-c5nc(-c6ccccc6)nc(-c6cccc(-c7cccc8sc9ccccc9c78)c6)n5)c4)c32)c([2H])c1[2H]. The Bertz CT molecular complexity index is 4620. The Hall–Kier alpha value is -9.13. The molecule has 0 saturated heterocycles. The Morgan fingerprint density at radius 1 is 0.355 bits per heavy atom. The highest BCUT2D eigenvalue weighted by molar-refractivity contribution is 7.26. The summed E-state index contributed by atoms with van der Waals surface area (Å²) in [5.74, 6) is 1.29. The van der Waals surface area contributed by atoms with Gasteiger partial charge in [0.1, 0.15) is 0 Å². The number of rotatable bonds is 9. The molecule has 13 aromatic rings. The normalized spacial score (nSPS) is 15.2. The van der Waals surface area contributed by atoms with Gasteiger partial charge >= 0.3 is 0 Å². The second kappa shape index (κ2) is 18.1. The minimum atomic E-state index is -3.81. The van der Waals surface area contributed by atoms with Crippen LogP contribution in [0, 0.1) is 0 Å². The molecule has 0 N–H and O–H groups in total. The highest BCUT2D eigenvalue weighted by atomic mass is 32.1. The van der Waals surface area contributed by atoms with Crippen LogP contribution in [0.3, 0.4) is 0 Å². The monoisotopic (exact) mass is 1010 g/mol. The largest absolute Gasteiger partial charge is 0.208 e. The maximum atomic E-state index is 9.82. The Balaban J connectivity index is 0.927. The van der Waals surface area contributed by atoms with Gasteiger partial charge in [-0.25, -0.2) is 15.0 Å². The highest BCUT2D eigenvalue weighted by Gasteiger charge is 2.49. The quantitative estimate of drug-likeness (QED) is 0.107. The average Bonchev–Trinajstić information content (AvgIpc) is 1.88. The third-order valence-electron chi connectivity index (χ3n) is 15.7. The molecule has 2 bridgehead atoms. The number of nitrogens with zero attached hydrogens (tertiary/aromatic N) is 3. The minimum Gasteiger partial charge on any atom is -0.208 e. The molecule has 2 aromatic heterocycles. The topological polar surface area (TPSA) is 38.7 Å². The molecule has 0 fully saturated rings. The van der Waals surface area contributed by atoms with Gasteiger partial charge in [-0.3, -0.25) is 0 Å². The Morgan fingerprint density at radius 2 is 0.829 bits per heavy atom. The number of aromatic nitrogens is 3. The maximum absolute atomic E-state index is 9.82. The molecule has 16 rings (SSSR count). The first-order chi connectivity index (χ1) is 39.8. The standard InChI is InChI=1S/C71H47N3SSi/c1-5-22-46(23-6-1)69-72-70(49-26-17-24-47(44-49)54-38-20-42-62-65(54)58-36-15-16-41-61(58)75-62)74-71(73-69)50-27-18-25-48(45-50)55-37-19-39-59-64-56-34-13-14-35-57(56)68(66(55)59)67-60(64)40-21-43-63(67)76(51-28-7-2-8-29-51,52-30-9-3-10-31-52)53-32-11-4-12-33-53/h1-45,64,68H/i2D,7D,8D,28D,29D. The average molecular weight is 1010 g/mol. The minimum absolute atomic E-state index is 0.140. The van der Waals surface area contributed by atoms with Crippen molar-refractivity contribution in [1.82, 2.24) is 15.0 Å². The van der Waals surface area contributed by atoms with Gasteiger partial charge in [-0.15, -0.1) is 11.3 Å². The zero-order chi connectivity index (χ0) is 54.5. The molecule has 5 heteroatoms. The van der Waals surface area contributed by atoms with Crippen molar-refractivity contribution in [3.05, 3.63) is 306 Å². The van der Waals surface area contributed by atoms with Crippen molar-refractivity contribution in [2.75, 3.05) is 0 Å². The van der Waals surface area contributed by atoms with Crippen LogP contribution in [0.25, 0.3) is 76.6 Å². The van der Waals surface area contributed by atoms with Gasteiger partial charge in [0.05, 0.1) is 6.85 Å². The molecule has 11 aromatic carbocycles. The van der Waals surface area contributed by atoms with Crippen molar-refractivity contribution in [2.24, 2.45) is 0 Å². The number of thiophene rings is 1. The van der Waals surface area contributed by atoms with Crippen molar-refractivity contribution in [1.29, 1.82) is 0 Å². The van der Waals surface area contributed by atoms with Crippen LogP contribution in [0.15, 0.2) is 273 Å². The van der Waals surface area contributed by atoms with Crippen LogP contribution < -0.4 is 20.7 Å². The van der Waals surface area contributed by atoms with Gasteiger partial charge in [0, 0.05) is 48.7 Å². The molecular formula is C71H47N3SSi. The molecule has 3 aliphatic carbocycles. The summed E-state index contributed by atoms with van der Waals surface area (Å²) in [5.41, 5.74) is 14.1. The first kappa shape index (κ1) is 39.3.